The summed E-state index contributed by atoms with van der Waals surface area (Å²) in [4.78, 5) is 9.21. The standard InChI is InChI=1S/C23H28N4O/c1-5-19-8-6-7-16(2)22(19)27-23-25-17(3)15-21(26-23)24-14-13-18-9-11-20(28-4)12-10-18/h6-12,15H,5,13-14H2,1-4H3,(H2,24,25,26,27). The molecule has 0 fully saturated rings. The molecule has 0 aliphatic heterocycles. The number of benzene rings is 2. The van der Waals surface area contributed by atoms with Crippen molar-refractivity contribution < 1.29 is 4.74 Å². The number of nitrogens with zero attached hydrogens (tertiary/aromatic N) is 2. The molecule has 0 saturated carbocycles. The molecule has 0 amide bonds. The highest BCUT2D eigenvalue weighted by Gasteiger charge is 2.08. The highest BCUT2D eigenvalue weighted by atomic mass is 16.5. The van der Waals surface area contributed by atoms with Crippen molar-refractivity contribution in [3.05, 3.63) is 70.9 Å². The molecule has 0 unspecified atom stereocenters. The lowest BCUT2D eigenvalue weighted by atomic mass is 10.1. The van der Waals surface area contributed by atoms with E-state index in [0.29, 0.717) is 5.95 Å². The van der Waals surface area contributed by atoms with Gasteiger partial charge in [-0.25, -0.2) is 4.98 Å². The Kier molecular flexibility index (Phi) is 6.48. The van der Waals surface area contributed by atoms with E-state index in [9.17, 15) is 0 Å². The van der Waals surface area contributed by atoms with E-state index in [-0.39, 0.29) is 0 Å². The van der Waals surface area contributed by atoms with Crippen molar-refractivity contribution in [2.75, 3.05) is 24.3 Å². The fourth-order valence-electron chi connectivity index (χ4n) is 3.16. The van der Waals surface area contributed by atoms with Crippen LogP contribution in [0.1, 0.15) is 29.3 Å². The lowest BCUT2D eigenvalue weighted by Gasteiger charge is -2.14. The molecular weight excluding hydrogens is 348 g/mol. The van der Waals surface area contributed by atoms with Gasteiger partial charge in [-0.15, -0.1) is 0 Å². The number of aryl methyl sites for hydroxylation is 3. The van der Waals surface area contributed by atoms with E-state index >= 15 is 0 Å². The van der Waals surface area contributed by atoms with Crippen LogP contribution in [-0.4, -0.2) is 23.6 Å². The summed E-state index contributed by atoms with van der Waals surface area (Å²) in [6.07, 6.45) is 1.87. The average molecular weight is 377 g/mol. The second-order valence-corrected chi connectivity index (χ2v) is 6.83. The summed E-state index contributed by atoms with van der Waals surface area (Å²) >= 11 is 0. The predicted octanol–water partition coefficient (Wildman–Crippen LogP) is 5.06. The average Bonchev–Trinajstić information content (AvgIpc) is 2.69. The molecule has 5 nitrogen and oxygen atoms in total. The normalized spacial score (nSPS) is 10.6. The molecule has 1 aromatic heterocycles. The number of rotatable bonds is 8. The summed E-state index contributed by atoms with van der Waals surface area (Å²) < 4.78 is 5.20. The van der Waals surface area contributed by atoms with E-state index in [2.05, 4.69) is 64.8 Å². The first kappa shape index (κ1) is 19.7. The molecule has 5 heteroatoms. The largest absolute Gasteiger partial charge is 0.497 e. The Morgan fingerprint density at radius 1 is 1.00 bits per heavy atom. The topological polar surface area (TPSA) is 59.1 Å². The maximum absolute atomic E-state index is 5.20. The van der Waals surface area contributed by atoms with E-state index < -0.39 is 0 Å². The van der Waals surface area contributed by atoms with Gasteiger partial charge in [0.05, 0.1) is 7.11 Å². The molecule has 3 aromatic rings. The van der Waals surface area contributed by atoms with Crippen molar-refractivity contribution >= 4 is 17.5 Å². The molecule has 0 atom stereocenters. The number of para-hydroxylation sites is 1. The van der Waals surface area contributed by atoms with E-state index in [0.717, 1.165) is 42.3 Å². The van der Waals surface area contributed by atoms with Crippen LogP contribution in [0.25, 0.3) is 0 Å². The van der Waals surface area contributed by atoms with E-state index in [4.69, 9.17) is 4.74 Å². The molecule has 0 radical (unpaired) electrons. The smallest absolute Gasteiger partial charge is 0.229 e. The Labute approximate surface area is 167 Å². The van der Waals surface area contributed by atoms with Crippen molar-refractivity contribution in [3.8, 4) is 5.75 Å². The maximum atomic E-state index is 5.20. The van der Waals surface area contributed by atoms with Crippen LogP contribution in [0.15, 0.2) is 48.5 Å². The van der Waals surface area contributed by atoms with Gasteiger partial charge in [-0.05, 0) is 55.5 Å². The molecule has 0 bridgehead atoms. The van der Waals surface area contributed by atoms with Gasteiger partial charge in [-0.2, -0.15) is 4.98 Å². The Bertz CT molecular complexity index is 922. The van der Waals surface area contributed by atoms with Crippen LogP contribution in [0, 0.1) is 13.8 Å². The zero-order valence-electron chi connectivity index (χ0n) is 17.0. The summed E-state index contributed by atoms with van der Waals surface area (Å²) in [6, 6.07) is 16.4. The quantitative estimate of drug-likeness (QED) is 0.575. The minimum Gasteiger partial charge on any atom is -0.497 e. The predicted molar refractivity (Wildman–Crippen MR) is 116 cm³/mol. The SMILES string of the molecule is CCc1cccc(C)c1Nc1nc(C)cc(NCCc2ccc(OC)cc2)n1. The highest BCUT2D eigenvalue weighted by Crippen LogP contribution is 2.24. The molecule has 0 aliphatic rings. The molecule has 0 aliphatic carbocycles. The van der Waals surface area contributed by atoms with Crippen molar-refractivity contribution in [1.29, 1.82) is 0 Å². The first-order valence-corrected chi connectivity index (χ1v) is 9.67. The van der Waals surface area contributed by atoms with Crippen LogP contribution in [0.4, 0.5) is 17.5 Å². The van der Waals surface area contributed by atoms with E-state index in [1.807, 2.05) is 25.1 Å². The number of hydrogen-bond donors (Lipinski definition) is 2. The first-order chi connectivity index (χ1) is 13.6. The van der Waals surface area contributed by atoms with Gasteiger partial charge in [-0.1, -0.05) is 37.3 Å². The van der Waals surface area contributed by atoms with Crippen LogP contribution in [-0.2, 0) is 12.8 Å². The monoisotopic (exact) mass is 376 g/mol. The van der Waals surface area contributed by atoms with Gasteiger partial charge >= 0.3 is 0 Å². The van der Waals surface area contributed by atoms with Crippen molar-refractivity contribution in [3.63, 3.8) is 0 Å². The minimum atomic E-state index is 0.621. The maximum Gasteiger partial charge on any atom is 0.229 e. The van der Waals surface area contributed by atoms with Crippen LogP contribution in [0.5, 0.6) is 5.75 Å². The number of anilines is 3. The molecule has 1 heterocycles. The van der Waals surface area contributed by atoms with Crippen molar-refractivity contribution in [2.45, 2.75) is 33.6 Å². The van der Waals surface area contributed by atoms with E-state index in [1.165, 1.54) is 16.7 Å². The highest BCUT2D eigenvalue weighted by molar-refractivity contribution is 5.64. The third kappa shape index (κ3) is 5.00. The Morgan fingerprint density at radius 2 is 1.79 bits per heavy atom. The van der Waals surface area contributed by atoms with Gasteiger partial charge < -0.3 is 15.4 Å². The third-order valence-electron chi connectivity index (χ3n) is 4.71. The molecule has 3 rings (SSSR count). The van der Waals surface area contributed by atoms with Crippen LogP contribution in [0.3, 0.4) is 0 Å². The van der Waals surface area contributed by atoms with Gasteiger partial charge in [0, 0.05) is 24.0 Å². The van der Waals surface area contributed by atoms with Gasteiger partial charge in [0.2, 0.25) is 5.95 Å². The number of ether oxygens (including phenoxy) is 1. The second kappa shape index (κ2) is 9.22. The summed E-state index contributed by atoms with van der Waals surface area (Å²) in [5.41, 5.74) is 5.73. The summed E-state index contributed by atoms with van der Waals surface area (Å²) in [5.74, 6) is 2.33. The fourth-order valence-corrected chi connectivity index (χ4v) is 3.16. The summed E-state index contributed by atoms with van der Waals surface area (Å²) in [6.45, 7) is 7.04. The van der Waals surface area contributed by atoms with Crippen molar-refractivity contribution in [1.82, 2.24) is 9.97 Å². The molecular formula is C23H28N4O. The Balaban J connectivity index is 1.68. The van der Waals surface area contributed by atoms with Crippen molar-refractivity contribution in [2.24, 2.45) is 0 Å². The lowest BCUT2D eigenvalue weighted by Crippen LogP contribution is -2.09. The van der Waals surface area contributed by atoms with Gasteiger partial charge in [0.25, 0.3) is 0 Å². The van der Waals surface area contributed by atoms with Gasteiger partial charge in [-0.3, -0.25) is 0 Å². The number of nitrogens with one attached hydrogen (secondary N) is 2. The van der Waals surface area contributed by atoms with Crippen LogP contribution >= 0.6 is 0 Å². The molecule has 146 valence electrons. The Hall–Kier alpha value is -3.08. The number of aromatic nitrogens is 2. The van der Waals surface area contributed by atoms with E-state index in [1.54, 1.807) is 7.11 Å². The van der Waals surface area contributed by atoms with Crippen LogP contribution in [0.2, 0.25) is 0 Å². The zero-order chi connectivity index (χ0) is 19.9. The van der Waals surface area contributed by atoms with Crippen LogP contribution < -0.4 is 15.4 Å². The van der Waals surface area contributed by atoms with Gasteiger partial charge in [0.1, 0.15) is 11.6 Å². The lowest BCUT2D eigenvalue weighted by molar-refractivity contribution is 0.414. The Morgan fingerprint density at radius 3 is 2.50 bits per heavy atom. The molecule has 0 saturated heterocycles. The molecule has 2 N–H and O–H groups in total. The summed E-state index contributed by atoms with van der Waals surface area (Å²) in [7, 11) is 1.68. The number of methoxy groups -OCH3 is 1. The summed E-state index contributed by atoms with van der Waals surface area (Å²) in [5, 5.41) is 6.83. The third-order valence-corrected chi connectivity index (χ3v) is 4.71. The number of hydrogen-bond acceptors (Lipinski definition) is 5. The zero-order valence-corrected chi connectivity index (χ0v) is 17.0. The minimum absolute atomic E-state index is 0.621. The first-order valence-electron chi connectivity index (χ1n) is 9.67. The molecule has 2 aromatic carbocycles. The molecule has 0 spiro atoms. The second-order valence-electron chi connectivity index (χ2n) is 6.83. The molecule has 28 heavy (non-hydrogen) atoms. The van der Waals surface area contributed by atoms with Gasteiger partial charge in [0.15, 0.2) is 0 Å². The fraction of sp³-hybridized carbons (Fsp3) is 0.304.